The first kappa shape index (κ1) is 19.0. The van der Waals surface area contributed by atoms with Gasteiger partial charge in [0.2, 0.25) is 0 Å². The zero-order chi connectivity index (χ0) is 19.5. The molecule has 2 aliphatic heterocycles. The number of aliphatic hydroxyl groups is 1. The normalized spacial score (nSPS) is 24.1. The predicted octanol–water partition coefficient (Wildman–Crippen LogP) is 1.78. The Morgan fingerprint density at radius 2 is 1.82 bits per heavy atom. The van der Waals surface area contributed by atoms with E-state index in [0.29, 0.717) is 50.5 Å². The minimum absolute atomic E-state index is 0.0359. The molecule has 1 amide bonds. The van der Waals surface area contributed by atoms with Crippen molar-refractivity contribution in [2.75, 3.05) is 39.4 Å². The summed E-state index contributed by atoms with van der Waals surface area (Å²) in [6.07, 6.45) is 0.759. The second-order valence-electron chi connectivity index (χ2n) is 7.24. The van der Waals surface area contributed by atoms with Crippen molar-refractivity contribution in [3.8, 4) is 11.3 Å². The number of likely N-dealkylation sites (tertiary alicyclic amines) is 1. The van der Waals surface area contributed by atoms with Crippen molar-refractivity contribution in [2.24, 2.45) is 0 Å². The minimum atomic E-state index is -0.469. The van der Waals surface area contributed by atoms with Crippen molar-refractivity contribution in [3.63, 3.8) is 0 Å². The van der Waals surface area contributed by atoms with Crippen LogP contribution < -0.4 is 0 Å². The third kappa shape index (κ3) is 4.09. The summed E-state index contributed by atoms with van der Waals surface area (Å²) in [6, 6.07) is 7.45. The Morgan fingerprint density at radius 3 is 2.57 bits per heavy atom. The van der Waals surface area contributed by atoms with Gasteiger partial charge in [0.15, 0.2) is 11.5 Å². The van der Waals surface area contributed by atoms with Crippen LogP contribution in [0.15, 0.2) is 34.9 Å². The Balaban J connectivity index is 1.43. The lowest BCUT2D eigenvalue weighted by molar-refractivity contribution is -0.0222. The van der Waals surface area contributed by atoms with Crippen molar-refractivity contribution in [1.82, 2.24) is 15.0 Å². The predicted molar refractivity (Wildman–Crippen MR) is 99.2 cm³/mol. The molecule has 1 aromatic heterocycles. The largest absolute Gasteiger partial charge is 0.391 e. The van der Waals surface area contributed by atoms with E-state index < -0.39 is 6.10 Å². The van der Waals surface area contributed by atoms with E-state index in [1.54, 1.807) is 23.1 Å². The Morgan fingerprint density at radius 1 is 1.11 bits per heavy atom. The van der Waals surface area contributed by atoms with Gasteiger partial charge >= 0.3 is 0 Å². The molecule has 0 bridgehead atoms. The van der Waals surface area contributed by atoms with Gasteiger partial charge in [-0.2, -0.15) is 0 Å². The molecular formula is C20H24FN3O4. The van der Waals surface area contributed by atoms with Gasteiger partial charge in [0.05, 0.1) is 19.3 Å². The van der Waals surface area contributed by atoms with Gasteiger partial charge in [-0.1, -0.05) is 5.16 Å². The molecule has 1 aromatic carbocycles. The Kier molecular flexibility index (Phi) is 5.70. The van der Waals surface area contributed by atoms with Gasteiger partial charge in [0.1, 0.15) is 5.82 Å². The number of benzene rings is 1. The quantitative estimate of drug-likeness (QED) is 0.862. The van der Waals surface area contributed by atoms with Crippen LogP contribution in [0.4, 0.5) is 4.39 Å². The molecular weight excluding hydrogens is 365 g/mol. The number of carbonyl (C=O) groups excluding carboxylic acids is 1. The molecule has 2 aliphatic rings. The van der Waals surface area contributed by atoms with Crippen LogP contribution in [-0.2, 0) is 4.74 Å². The smallest absolute Gasteiger partial charge is 0.276 e. The Labute approximate surface area is 162 Å². The number of hydrogen-bond donors (Lipinski definition) is 1. The second kappa shape index (κ2) is 8.38. The highest BCUT2D eigenvalue weighted by atomic mass is 19.1. The van der Waals surface area contributed by atoms with E-state index in [0.717, 1.165) is 13.1 Å². The van der Waals surface area contributed by atoms with Gasteiger partial charge in [0, 0.05) is 43.9 Å². The average molecular weight is 389 g/mol. The van der Waals surface area contributed by atoms with E-state index in [1.165, 1.54) is 12.1 Å². The third-order valence-corrected chi connectivity index (χ3v) is 5.49. The minimum Gasteiger partial charge on any atom is -0.391 e. The van der Waals surface area contributed by atoms with Gasteiger partial charge in [-0.25, -0.2) is 4.39 Å². The molecule has 1 N–H and O–H groups in total. The molecule has 8 heteroatoms. The summed E-state index contributed by atoms with van der Waals surface area (Å²) in [7, 11) is 0. The van der Waals surface area contributed by atoms with Gasteiger partial charge in [-0.05, 0) is 37.1 Å². The van der Waals surface area contributed by atoms with Crippen LogP contribution >= 0.6 is 0 Å². The van der Waals surface area contributed by atoms with Crippen molar-refractivity contribution < 1.29 is 23.6 Å². The van der Waals surface area contributed by atoms with Crippen LogP contribution in [-0.4, -0.2) is 77.5 Å². The van der Waals surface area contributed by atoms with Crippen molar-refractivity contribution in [2.45, 2.75) is 25.0 Å². The standard InChI is InChI=1S/C20H24FN3O4/c21-15-3-1-14(2-4-15)19-13-16(22-28-19)20(26)24-7-5-17(18(25)6-8-24)23-9-11-27-12-10-23/h1-4,13,17-18,25H,5-12H2/t17-,18-/m0/s1. The molecule has 0 radical (unpaired) electrons. The second-order valence-corrected chi connectivity index (χ2v) is 7.24. The molecule has 0 aliphatic carbocycles. The average Bonchev–Trinajstić information content (AvgIpc) is 3.13. The van der Waals surface area contributed by atoms with E-state index in [-0.39, 0.29) is 23.5 Å². The Bertz CT molecular complexity index is 804. The van der Waals surface area contributed by atoms with Gasteiger partial charge in [0.25, 0.3) is 5.91 Å². The van der Waals surface area contributed by atoms with Crippen molar-refractivity contribution in [1.29, 1.82) is 0 Å². The number of ether oxygens (including phenoxy) is 1. The highest BCUT2D eigenvalue weighted by molar-refractivity contribution is 5.93. The molecule has 150 valence electrons. The topological polar surface area (TPSA) is 79.0 Å². The van der Waals surface area contributed by atoms with Crippen LogP contribution in [0.25, 0.3) is 11.3 Å². The number of halogens is 1. The number of amides is 1. The molecule has 28 heavy (non-hydrogen) atoms. The van der Waals surface area contributed by atoms with E-state index in [9.17, 15) is 14.3 Å². The first-order valence-electron chi connectivity index (χ1n) is 9.63. The zero-order valence-electron chi connectivity index (χ0n) is 15.6. The van der Waals surface area contributed by atoms with Crippen LogP contribution in [0.2, 0.25) is 0 Å². The lowest BCUT2D eigenvalue weighted by Crippen LogP contribution is -2.49. The SMILES string of the molecule is O=C(c1cc(-c2ccc(F)cc2)on1)N1CC[C@H](O)[C@@H](N2CCOCC2)CC1. The molecule has 3 heterocycles. The number of hydrogen-bond acceptors (Lipinski definition) is 6. The Hall–Kier alpha value is -2.29. The summed E-state index contributed by atoms with van der Waals surface area (Å²) >= 11 is 0. The van der Waals surface area contributed by atoms with Crippen LogP contribution in [0.5, 0.6) is 0 Å². The van der Waals surface area contributed by atoms with Crippen LogP contribution in [0.3, 0.4) is 0 Å². The fourth-order valence-electron chi connectivity index (χ4n) is 3.90. The van der Waals surface area contributed by atoms with E-state index >= 15 is 0 Å². The number of nitrogens with zero attached hydrogens (tertiary/aromatic N) is 3. The monoisotopic (exact) mass is 389 g/mol. The first-order chi connectivity index (χ1) is 13.6. The van der Waals surface area contributed by atoms with Gasteiger partial charge in [-0.3, -0.25) is 9.69 Å². The van der Waals surface area contributed by atoms with E-state index in [2.05, 4.69) is 10.1 Å². The summed E-state index contributed by atoms with van der Waals surface area (Å²) in [6.45, 7) is 3.99. The van der Waals surface area contributed by atoms with E-state index in [1.807, 2.05) is 0 Å². The zero-order valence-corrected chi connectivity index (χ0v) is 15.6. The van der Waals surface area contributed by atoms with Gasteiger partial charge in [-0.15, -0.1) is 0 Å². The van der Waals surface area contributed by atoms with E-state index in [4.69, 9.17) is 9.26 Å². The lowest BCUT2D eigenvalue weighted by atomic mass is 10.0. The van der Waals surface area contributed by atoms with Crippen LogP contribution in [0, 0.1) is 5.82 Å². The van der Waals surface area contributed by atoms with Crippen LogP contribution in [0.1, 0.15) is 23.3 Å². The number of aliphatic hydroxyl groups excluding tert-OH is 1. The fraction of sp³-hybridized carbons (Fsp3) is 0.500. The summed E-state index contributed by atoms with van der Waals surface area (Å²) in [5.74, 6) is -0.131. The first-order valence-corrected chi connectivity index (χ1v) is 9.63. The van der Waals surface area contributed by atoms with Crippen molar-refractivity contribution >= 4 is 5.91 Å². The lowest BCUT2D eigenvalue weighted by Gasteiger charge is -2.36. The highest BCUT2D eigenvalue weighted by Gasteiger charge is 2.32. The molecule has 0 saturated carbocycles. The molecule has 2 atom stereocenters. The maximum atomic E-state index is 13.1. The summed E-state index contributed by atoms with van der Waals surface area (Å²) < 4.78 is 23.7. The number of carbonyl (C=O) groups is 1. The van der Waals surface area contributed by atoms with Gasteiger partial charge < -0.3 is 19.3 Å². The molecule has 0 spiro atoms. The maximum Gasteiger partial charge on any atom is 0.276 e. The molecule has 2 saturated heterocycles. The number of rotatable bonds is 3. The molecule has 0 unspecified atom stereocenters. The fourth-order valence-corrected chi connectivity index (χ4v) is 3.90. The number of morpholine rings is 1. The molecule has 4 rings (SSSR count). The summed E-state index contributed by atoms with van der Waals surface area (Å²) in [5.41, 5.74) is 0.880. The maximum absolute atomic E-state index is 13.1. The molecule has 7 nitrogen and oxygen atoms in total. The summed E-state index contributed by atoms with van der Waals surface area (Å²) in [4.78, 5) is 16.8. The third-order valence-electron chi connectivity index (χ3n) is 5.49. The molecule has 2 fully saturated rings. The highest BCUT2D eigenvalue weighted by Crippen LogP contribution is 2.23. The summed E-state index contributed by atoms with van der Waals surface area (Å²) in [5, 5.41) is 14.5. The number of aromatic nitrogens is 1. The van der Waals surface area contributed by atoms with Crippen molar-refractivity contribution in [3.05, 3.63) is 41.8 Å². The molecule has 2 aromatic rings.